The first kappa shape index (κ1) is 11.1. The molecule has 82 valence electrons. The lowest BCUT2D eigenvalue weighted by Gasteiger charge is -2.09. The van der Waals surface area contributed by atoms with Crippen molar-refractivity contribution in [3.63, 3.8) is 0 Å². The zero-order valence-corrected chi connectivity index (χ0v) is 10.8. The molecule has 0 atom stereocenters. The third-order valence-electron chi connectivity index (χ3n) is 2.30. The van der Waals surface area contributed by atoms with Gasteiger partial charge in [0.1, 0.15) is 11.5 Å². The molecule has 0 unspecified atom stereocenters. The summed E-state index contributed by atoms with van der Waals surface area (Å²) < 4.78 is 6.87. The van der Waals surface area contributed by atoms with Crippen LogP contribution in [-0.4, -0.2) is 4.98 Å². The number of halogens is 1. The van der Waals surface area contributed by atoms with Crippen molar-refractivity contribution in [1.82, 2.24) is 4.98 Å². The van der Waals surface area contributed by atoms with E-state index in [2.05, 4.69) is 34.8 Å². The van der Waals surface area contributed by atoms with Gasteiger partial charge in [-0.05, 0) is 49.2 Å². The minimum atomic E-state index is 0.802. The van der Waals surface area contributed by atoms with Crippen molar-refractivity contribution in [2.75, 3.05) is 0 Å². The Bertz CT molecular complexity index is 474. The van der Waals surface area contributed by atoms with Gasteiger partial charge in [0.25, 0.3) is 0 Å². The smallest absolute Gasteiger partial charge is 0.130 e. The maximum Gasteiger partial charge on any atom is 0.130 e. The van der Waals surface area contributed by atoms with E-state index in [1.807, 2.05) is 24.3 Å². The molecule has 0 N–H and O–H groups in total. The SMILES string of the molecule is Cc1cc(Oc2ccncc2)cc(C)c1Br. The minimum Gasteiger partial charge on any atom is -0.457 e. The van der Waals surface area contributed by atoms with E-state index in [9.17, 15) is 0 Å². The minimum absolute atomic E-state index is 0.802. The average molecular weight is 278 g/mol. The lowest BCUT2D eigenvalue weighted by molar-refractivity contribution is 0.481. The molecule has 0 radical (unpaired) electrons. The van der Waals surface area contributed by atoms with Crippen molar-refractivity contribution in [2.24, 2.45) is 0 Å². The molecular weight excluding hydrogens is 266 g/mol. The highest BCUT2D eigenvalue weighted by atomic mass is 79.9. The van der Waals surface area contributed by atoms with Gasteiger partial charge in [0.2, 0.25) is 0 Å². The predicted molar refractivity (Wildman–Crippen MR) is 67.9 cm³/mol. The van der Waals surface area contributed by atoms with Gasteiger partial charge >= 0.3 is 0 Å². The molecule has 0 bridgehead atoms. The van der Waals surface area contributed by atoms with Gasteiger partial charge in [0.15, 0.2) is 0 Å². The fourth-order valence-corrected chi connectivity index (χ4v) is 1.74. The number of ether oxygens (including phenoxy) is 1. The maximum atomic E-state index is 5.73. The normalized spacial score (nSPS) is 10.2. The third-order valence-corrected chi connectivity index (χ3v) is 3.55. The number of aryl methyl sites for hydroxylation is 2. The number of rotatable bonds is 2. The number of aromatic nitrogens is 1. The second-order valence-corrected chi connectivity index (χ2v) is 4.45. The second-order valence-electron chi connectivity index (χ2n) is 3.66. The van der Waals surface area contributed by atoms with Crippen LogP contribution in [0.4, 0.5) is 0 Å². The molecule has 1 aromatic carbocycles. The number of nitrogens with zero attached hydrogens (tertiary/aromatic N) is 1. The van der Waals surface area contributed by atoms with E-state index >= 15 is 0 Å². The second kappa shape index (κ2) is 4.66. The Balaban J connectivity index is 2.29. The summed E-state index contributed by atoms with van der Waals surface area (Å²) in [5, 5.41) is 0. The van der Waals surface area contributed by atoms with Crippen LogP contribution >= 0.6 is 15.9 Å². The standard InChI is InChI=1S/C13H12BrNO/c1-9-7-12(8-10(2)13(9)14)16-11-3-5-15-6-4-11/h3-8H,1-2H3. The van der Waals surface area contributed by atoms with E-state index in [0.717, 1.165) is 16.0 Å². The first-order chi connectivity index (χ1) is 7.66. The summed E-state index contributed by atoms with van der Waals surface area (Å²) in [7, 11) is 0. The van der Waals surface area contributed by atoms with E-state index < -0.39 is 0 Å². The Hall–Kier alpha value is -1.35. The van der Waals surface area contributed by atoms with Crippen molar-refractivity contribution < 1.29 is 4.74 Å². The van der Waals surface area contributed by atoms with Gasteiger partial charge in [-0.25, -0.2) is 0 Å². The van der Waals surface area contributed by atoms with Gasteiger partial charge in [-0.15, -0.1) is 0 Å². The van der Waals surface area contributed by atoms with Crippen LogP contribution in [0.1, 0.15) is 11.1 Å². The van der Waals surface area contributed by atoms with Crippen molar-refractivity contribution in [3.8, 4) is 11.5 Å². The monoisotopic (exact) mass is 277 g/mol. The van der Waals surface area contributed by atoms with Crippen LogP contribution in [0.15, 0.2) is 41.1 Å². The summed E-state index contributed by atoms with van der Waals surface area (Å²) in [6.07, 6.45) is 3.43. The summed E-state index contributed by atoms with van der Waals surface area (Å²) in [5.74, 6) is 1.65. The highest BCUT2D eigenvalue weighted by Crippen LogP contribution is 2.29. The molecular formula is C13H12BrNO. The summed E-state index contributed by atoms with van der Waals surface area (Å²) in [6.45, 7) is 4.10. The Morgan fingerprint density at radius 1 is 1.00 bits per heavy atom. The lowest BCUT2D eigenvalue weighted by atomic mass is 10.1. The molecule has 1 aromatic heterocycles. The molecule has 2 rings (SSSR count). The molecule has 0 aliphatic carbocycles. The number of hydrogen-bond donors (Lipinski definition) is 0. The molecule has 0 saturated carbocycles. The molecule has 2 aromatic rings. The molecule has 3 heteroatoms. The molecule has 0 spiro atoms. The van der Waals surface area contributed by atoms with Crippen LogP contribution in [-0.2, 0) is 0 Å². The zero-order chi connectivity index (χ0) is 11.5. The number of pyridine rings is 1. The Labute approximate surface area is 103 Å². The first-order valence-electron chi connectivity index (χ1n) is 5.01. The number of benzene rings is 1. The molecule has 0 aliphatic rings. The van der Waals surface area contributed by atoms with Crippen molar-refractivity contribution in [3.05, 3.63) is 52.3 Å². The fraction of sp³-hybridized carbons (Fsp3) is 0.154. The predicted octanol–water partition coefficient (Wildman–Crippen LogP) is 4.25. The van der Waals surface area contributed by atoms with Crippen LogP contribution < -0.4 is 4.74 Å². The van der Waals surface area contributed by atoms with E-state index in [4.69, 9.17) is 4.74 Å². The summed E-state index contributed by atoms with van der Waals surface area (Å²) in [4.78, 5) is 3.95. The highest BCUT2D eigenvalue weighted by molar-refractivity contribution is 9.10. The summed E-state index contributed by atoms with van der Waals surface area (Å²) >= 11 is 3.53. The average Bonchev–Trinajstić information content (AvgIpc) is 2.27. The van der Waals surface area contributed by atoms with Crippen LogP contribution in [0.3, 0.4) is 0 Å². The van der Waals surface area contributed by atoms with Crippen molar-refractivity contribution >= 4 is 15.9 Å². The Kier molecular flexibility index (Phi) is 3.25. The molecule has 2 nitrogen and oxygen atoms in total. The van der Waals surface area contributed by atoms with Gasteiger partial charge in [-0.1, -0.05) is 15.9 Å². The van der Waals surface area contributed by atoms with Crippen LogP contribution in [0, 0.1) is 13.8 Å². The molecule has 0 aliphatic heterocycles. The van der Waals surface area contributed by atoms with Crippen molar-refractivity contribution in [2.45, 2.75) is 13.8 Å². The van der Waals surface area contributed by atoms with Crippen LogP contribution in [0.2, 0.25) is 0 Å². The zero-order valence-electron chi connectivity index (χ0n) is 9.20. The molecule has 0 amide bonds. The Morgan fingerprint density at radius 2 is 1.56 bits per heavy atom. The van der Waals surface area contributed by atoms with E-state index in [1.165, 1.54) is 11.1 Å². The largest absolute Gasteiger partial charge is 0.457 e. The van der Waals surface area contributed by atoms with E-state index in [1.54, 1.807) is 12.4 Å². The molecule has 1 heterocycles. The van der Waals surface area contributed by atoms with E-state index in [-0.39, 0.29) is 0 Å². The van der Waals surface area contributed by atoms with Gasteiger partial charge < -0.3 is 4.74 Å². The fourth-order valence-electron chi connectivity index (χ4n) is 1.51. The number of hydrogen-bond acceptors (Lipinski definition) is 2. The summed E-state index contributed by atoms with van der Waals surface area (Å²) in [6, 6.07) is 7.70. The van der Waals surface area contributed by atoms with Gasteiger partial charge in [0, 0.05) is 16.9 Å². The third kappa shape index (κ3) is 2.42. The quantitative estimate of drug-likeness (QED) is 0.819. The van der Waals surface area contributed by atoms with Crippen molar-refractivity contribution in [1.29, 1.82) is 0 Å². The van der Waals surface area contributed by atoms with Gasteiger partial charge in [0.05, 0.1) is 0 Å². The lowest BCUT2D eigenvalue weighted by Crippen LogP contribution is -1.88. The molecule has 0 saturated heterocycles. The Morgan fingerprint density at radius 3 is 2.12 bits per heavy atom. The van der Waals surface area contributed by atoms with Crippen LogP contribution in [0.5, 0.6) is 11.5 Å². The highest BCUT2D eigenvalue weighted by Gasteiger charge is 2.03. The molecule has 0 fully saturated rings. The topological polar surface area (TPSA) is 22.1 Å². The van der Waals surface area contributed by atoms with Gasteiger partial charge in [-0.2, -0.15) is 0 Å². The summed E-state index contributed by atoms with van der Waals surface area (Å²) in [5.41, 5.74) is 2.34. The first-order valence-corrected chi connectivity index (χ1v) is 5.81. The van der Waals surface area contributed by atoms with E-state index in [0.29, 0.717) is 0 Å². The van der Waals surface area contributed by atoms with Crippen LogP contribution in [0.25, 0.3) is 0 Å². The molecule has 16 heavy (non-hydrogen) atoms. The maximum absolute atomic E-state index is 5.73. The van der Waals surface area contributed by atoms with Gasteiger partial charge in [-0.3, -0.25) is 4.98 Å².